The number of hydrogen-bond acceptors (Lipinski definition) is 2. The molecule has 1 aliphatic rings. The molecular formula is C9H16OS. The molecule has 0 N–H and O–H groups in total. The SMILES string of the molecule is CCSCCCC(=O)C1CC1. The monoisotopic (exact) mass is 172 g/mol. The Kier molecular flexibility index (Phi) is 3.98. The van der Waals surface area contributed by atoms with Crippen molar-refractivity contribution in [3.05, 3.63) is 0 Å². The molecule has 0 amide bonds. The van der Waals surface area contributed by atoms with E-state index in [0.717, 1.165) is 18.6 Å². The number of carbonyl (C=O) groups is 1. The summed E-state index contributed by atoms with van der Waals surface area (Å²) in [6.45, 7) is 2.16. The number of rotatable bonds is 6. The topological polar surface area (TPSA) is 17.1 Å². The molecule has 0 atom stereocenters. The van der Waals surface area contributed by atoms with Crippen molar-refractivity contribution in [2.75, 3.05) is 11.5 Å². The third-order valence-electron chi connectivity index (χ3n) is 1.95. The van der Waals surface area contributed by atoms with Crippen molar-refractivity contribution in [1.29, 1.82) is 0 Å². The first-order valence-electron chi connectivity index (χ1n) is 4.45. The highest BCUT2D eigenvalue weighted by atomic mass is 32.2. The molecule has 0 saturated heterocycles. The van der Waals surface area contributed by atoms with Crippen LogP contribution in [0.5, 0.6) is 0 Å². The van der Waals surface area contributed by atoms with Crippen LogP contribution >= 0.6 is 11.8 Å². The maximum atomic E-state index is 11.2. The maximum absolute atomic E-state index is 11.2. The van der Waals surface area contributed by atoms with Crippen LogP contribution in [0.25, 0.3) is 0 Å². The summed E-state index contributed by atoms with van der Waals surface area (Å²) in [5.41, 5.74) is 0. The molecular weight excluding hydrogens is 156 g/mol. The number of thioether (sulfide) groups is 1. The van der Waals surface area contributed by atoms with E-state index in [0.29, 0.717) is 11.7 Å². The molecule has 2 heteroatoms. The Morgan fingerprint density at radius 1 is 1.55 bits per heavy atom. The van der Waals surface area contributed by atoms with Gasteiger partial charge in [-0.15, -0.1) is 0 Å². The first kappa shape index (κ1) is 9.11. The molecule has 64 valence electrons. The van der Waals surface area contributed by atoms with Crippen LogP contribution in [-0.2, 0) is 4.79 Å². The van der Waals surface area contributed by atoms with Crippen molar-refractivity contribution in [3.8, 4) is 0 Å². The van der Waals surface area contributed by atoms with Gasteiger partial charge in [0.1, 0.15) is 5.78 Å². The summed E-state index contributed by atoms with van der Waals surface area (Å²) in [6.07, 6.45) is 4.25. The average molecular weight is 172 g/mol. The molecule has 0 unspecified atom stereocenters. The van der Waals surface area contributed by atoms with Gasteiger partial charge >= 0.3 is 0 Å². The second kappa shape index (κ2) is 4.81. The normalized spacial score (nSPS) is 16.8. The van der Waals surface area contributed by atoms with E-state index in [1.54, 1.807) is 0 Å². The average Bonchev–Trinajstić information content (AvgIpc) is 2.79. The lowest BCUT2D eigenvalue weighted by atomic mass is 10.2. The second-order valence-corrected chi connectivity index (χ2v) is 4.43. The Morgan fingerprint density at radius 3 is 2.82 bits per heavy atom. The zero-order valence-electron chi connectivity index (χ0n) is 7.14. The molecule has 0 aromatic heterocycles. The van der Waals surface area contributed by atoms with Crippen LogP contribution in [0.2, 0.25) is 0 Å². The molecule has 0 aromatic carbocycles. The Morgan fingerprint density at radius 2 is 2.27 bits per heavy atom. The summed E-state index contributed by atoms with van der Waals surface area (Å²) in [7, 11) is 0. The number of carbonyl (C=O) groups excluding carboxylic acids is 1. The molecule has 1 aliphatic carbocycles. The van der Waals surface area contributed by atoms with Gasteiger partial charge < -0.3 is 0 Å². The van der Waals surface area contributed by atoms with Crippen LogP contribution in [0, 0.1) is 5.92 Å². The van der Waals surface area contributed by atoms with Gasteiger partial charge in [0.2, 0.25) is 0 Å². The van der Waals surface area contributed by atoms with Gasteiger partial charge in [0.05, 0.1) is 0 Å². The zero-order valence-corrected chi connectivity index (χ0v) is 7.95. The van der Waals surface area contributed by atoms with E-state index in [1.165, 1.54) is 18.6 Å². The quantitative estimate of drug-likeness (QED) is 0.573. The minimum Gasteiger partial charge on any atom is -0.299 e. The Balaban J connectivity index is 1.89. The highest BCUT2D eigenvalue weighted by Gasteiger charge is 2.28. The van der Waals surface area contributed by atoms with E-state index in [1.807, 2.05) is 11.8 Å². The van der Waals surface area contributed by atoms with Crippen LogP contribution in [0.15, 0.2) is 0 Å². The molecule has 11 heavy (non-hydrogen) atoms. The van der Waals surface area contributed by atoms with Gasteiger partial charge in [-0.05, 0) is 30.8 Å². The molecule has 1 rings (SSSR count). The van der Waals surface area contributed by atoms with E-state index in [-0.39, 0.29) is 0 Å². The summed E-state index contributed by atoms with van der Waals surface area (Å²) in [5.74, 6) is 3.33. The van der Waals surface area contributed by atoms with Gasteiger partial charge in [-0.3, -0.25) is 4.79 Å². The van der Waals surface area contributed by atoms with Gasteiger partial charge in [-0.2, -0.15) is 11.8 Å². The van der Waals surface area contributed by atoms with Crippen molar-refractivity contribution in [2.24, 2.45) is 5.92 Å². The van der Waals surface area contributed by atoms with Crippen molar-refractivity contribution in [2.45, 2.75) is 32.6 Å². The molecule has 1 fully saturated rings. The zero-order chi connectivity index (χ0) is 8.10. The molecule has 0 spiro atoms. The summed E-state index contributed by atoms with van der Waals surface area (Å²) in [5, 5.41) is 0. The van der Waals surface area contributed by atoms with Crippen LogP contribution < -0.4 is 0 Å². The molecule has 0 radical (unpaired) electrons. The molecule has 1 saturated carbocycles. The number of Topliss-reactive ketones (excluding diaryl/α,β-unsaturated/α-hetero) is 1. The van der Waals surface area contributed by atoms with Gasteiger partial charge in [0, 0.05) is 12.3 Å². The second-order valence-electron chi connectivity index (χ2n) is 3.04. The minimum absolute atomic E-state index is 0.474. The Hall–Kier alpha value is 0.0200. The van der Waals surface area contributed by atoms with Crippen molar-refractivity contribution in [1.82, 2.24) is 0 Å². The summed E-state index contributed by atoms with van der Waals surface area (Å²) in [6, 6.07) is 0. The lowest BCUT2D eigenvalue weighted by Gasteiger charge is -1.97. The Labute approximate surface area is 72.9 Å². The maximum Gasteiger partial charge on any atom is 0.136 e. The van der Waals surface area contributed by atoms with Crippen LogP contribution in [0.3, 0.4) is 0 Å². The summed E-state index contributed by atoms with van der Waals surface area (Å²) < 4.78 is 0. The highest BCUT2D eigenvalue weighted by molar-refractivity contribution is 7.99. The molecule has 0 bridgehead atoms. The van der Waals surface area contributed by atoms with E-state index in [2.05, 4.69) is 6.92 Å². The van der Waals surface area contributed by atoms with Crippen LogP contribution in [-0.4, -0.2) is 17.3 Å². The van der Waals surface area contributed by atoms with Crippen LogP contribution in [0.1, 0.15) is 32.6 Å². The van der Waals surface area contributed by atoms with Gasteiger partial charge in [-0.25, -0.2) is 0 Å². The van der Waals surface area contributed by atoms with Crippen LogP contribution in [0.4, 0.5) is 0 Å². The fraction of sp³-hybridized carbons (Fsp3) is 0.889. The fourth-order valence-electron chi connectivity index (χ4n) is 1.10. The first-order valence-corrected chi connectivity index (χ1v) is 5.60. The lowest BCUT2D eigenvalue weighted by Crippen LogP contribution is -2.00. The highest BCUT2D eigenvalue weighted by Crippen LogP contribution is 2.31. The predicted molar refractivity (Wildman–Crippen MR) is 50.0 cm³/mol. The van der Waals surface area contributed by atoms with Gasteiger partial charge in [0.15, 0.2) is 0 Å². The minimum atomic E-state index is 0.474. The van der Waals surface area contributed by atoms with Gasteiger partial charge in [0.25, 0.3) is 0 Å². The van der Waals surface area contributed by atoms with E-state index < -0.39 is 0 Å². The van der Waals surface area contributed by atoms with E-state index in [4.69, 9.17) is 0 Å². The third kappa shape index (κ3) is 3.80. The molecule has 0 aliphatic heterocycles. The smallest absolute Gasteiger partial charge is 0.136 e. The largest absolute Gasteiger partial charge is 0.299 e. The van der Waals surface area contributed by atoms with Crippen molar-refractivity contribution < 1.29 is 4.79 Å². The fourth-order valence-corrected chi connectivity index (χ4v) is 1.74. The predicted octanol–water partition coefficient (Wildman–Crippen LogP) is 2.50. The summed E-state index contributed by atoms with van der Waals surface area (Å²) >= 11 is 1.93. The van der Waals surface area contributed by atoms with Crippen molar-refractivity contribution >= 4 is 17.5 Å². The van der Waals surface area contributed by atoms with Crippen molar-refractivity contribution in [3.63, 3.8) is 0 Å². The molecule has 1 nitrogen and oxygen atoms in total. The molecule has 0 aromatic rings. The first-order chi connectivity index (χ1) is 5.34. The van der Waals surface area contributed by atoms with E-state index >= 15 is 0 Å². The summed E-state index contributed by atoms with van der Waals surface area (Å²) in [4.78, 5) is 11.2. The standard InChI is InChI=1S/C9H16OS/c1-2-11-7-3-4-9(10)8-5-6-8/h8H,2-7H2,1H3. The third-order valence-corrected chi connectivity index (χ3v) is 2.93. The Bertz CT molecular complexity index is 130. The molecule has 0 heterocycles. The van der Waals surface area contributed by atoms with Gasteiger partial charge in [-0.1, -0.05) is 6.92 Å². The number of ketones is 1. The lowest BCUT2D eigenvalue weighted by molar-refractivity contribution is -0.120. The van der Waals surface area contributed by atoms with E-state index in [9.17, 15) is 4.79 Å². The number of hydrogen-bond donors (Lipinski definition) is 0.